The van der Waals surface area contributed by atoms with Crippen molar-refractivity contribution in [2.75, 3.05) is 6.61 Å². The number of ether oxygens (including phenoxy) is 3. The number of hydrogen-bond acceptors (Lipinski definition) is 6. The molecular weight excluding hydrogens is 204 g/mol. The molecule has 0 saturated carbocycles. The zero-order valence-electron chi connectivity index (χ0n) is 8.63. The van der Waals surface area contributed by atoms with Crippen molar-refractivity contribution in [2.45, 2.75) is 38.8 Å². The lowest BCUT2D eigenvalue weighted by Gasteiger charge is -2.32. The van der Waals surface area contributed by atoms with Crippen molar-refractivity contribution in [2.24, 2.45) is 0 Å². The first-order valence-corrected chi connectivity index (χ1v) is 4.63. The maximum Gasteiger partial charge on any atom is 0.303 e. The number of aliphatic hydroxyl groups excluding tert-OH is 1. The largest absolute Gasteiger partial charge is 0.458 e. The molecule has 0 aromatic rings. The third-order valence-corrected chi connectivity index (χ3v) is 1.94. The molecule has 0 aromatic heterocycles. The summed E-state index contributed by atoms with van der Waals surface area (Å²) in [5.74, 6) is -0.955. The number of carbonyl (C=O) groups excluding carboxylic acids is 2. The summed E-state index contributed by atoms with van der Waals surface area (Å²) in [6.07, 6.45) is -2.16. The molecule has 1 unspecified atom stereocenters. The smallest absolute Gasteiger partial charge is 0.303 e. The molecule has 3 atom stereocenters. The van der Waals surface area contributed by atoms with E-state index in [1.54, 1.807) is 0 Å². The van der Waals surface area contributed by atoms with Gasteiger partial charge >= 0.3 is 11.9 Å². The predicted octanol–water partition coefficient (Wildman–Crippen LogP) is -0.411. The lowest BCUT2D eigenvalue weighted by molar-refractivity contribution is -0.216. The van der Waals surface area contributed by atoms with Crippen molar-refractivity contribution in [3.8, 4) is 0 Å². The van der Waals surface area contributed by atoms with Gasteiger partial charge in [-0.3, -0.25) is 9.59 Å². The summed E-state index contributed by atoms with van der Waals surface area (Å²) in [5.41, 5.74) is 0. The van der Waals surface area contributed by atoms with E-state index in [-0.39, 0.29) is 13.0 Å². The average molecular weight is 218 g/mol. The van der Waals surface area contributed by atoms with Gasteiger partial charge in [0, 0.05) is 20.3 Å². The fourth-order valence-electron chi connectivity index (χ4n) is 1.39. The van der Waals surface area contributed by atoms with Gasteiger partial charge in [0.05, 0.1) is 6.61 Å². The molecule has 0 radical (unpaired) electrons. The molecule has 86 valence electrons. The van der Waals surface area contributed by atoms with Gasteiger partial charge in [-0.25, -0.2) is 0 Å². The molecule has 0 bridgehead atoms. The number of hydrogen-bond donors (Lipinski definition) is 1. The normalized spacial score (nSPS) is 30.7. The lowest BCUT2D eigenvalue weighted by atomic mass is 10.1. The third kappa shape index (κ3) is 3.85. The Morgan fingerprint density at radius 2 is 1.73 bits per heavy atom. The Kier molecular flexibility index (Phi) is 4.05. The average Bonchev–Trinajstić information content (AvgIpc) is 2.08. The summed E-state index contributed by atoms with van der Waals surface area (Å²) in [6.45, 7) is 2.54. The maximum atomic E-state index is 10.8. The minimum absolute atomic E-state index is 0.0265. The van der Waals surface area contributed by atoms with E-state index in [1.165, 1.54) is 13.8 Å². The van der Waals surface area contributed by atoms with Gasteiger partial charge in [-0.1, -0.05) is 0 Å². The van der Waals surface area contributed by atoms with Crippen LogP contribution in [-0.2, 0) is 23.8 Å². The zero-order valence-corrected chi connectivity index (χ0v) is 8.63. The van der Waals surface area contributed by atoms with Crippen LogP contribution >= 0.6 is 0 Å². The van der Waals surface area contributed by atoms with Gasteiger partial charge in [-0.05, 0) is 0 Å². The van der Waals surface area contributed by atoms with Gasteiger partial charge in [-0.2, -0.15) is 0 Å². The van der Waals surface area contributed by atoms with E-state index >= 15 is 0 Å². The Bertz CT molecular complexity index is 251. The molecule has 0 aromatic carbocycles. The van der Waals surface area contributed by atoms with E-state index in [2.05, 4.69) is 0 Å². The molecule has 15 heavy (non-hydrogen) atoms. The molecule has 1 saturated heterocycles. The lowest BCUT2D eigenvalue weighted by Crippen LogP contribution is -2.45. The van der Waals surface area contributed by atoms with E-state index in [4.69, 9.17) is 14.2 Å². The summed E-state index contributed by atoms with van der Waals surface area (Å²) in [7, 11) is 0. The van der Waals surface area contributed by atoms with E-state index in [1.807, 2.05) is 0 Å². The summed E-state index contributed by atoms with van der Waals surface area (Å²) in [4.78, 5) is 21.5. The molecule has 1 N–H and O–H groups in total. The second-order valence-corrected chi connectivity index (χ2v) is 3.32. The van der Waals surface area contributed by atoms with Crippen LogP contribution in [0.25, 0.3) is 0 Å². The first kappa shape index (κ1) is 11.9. The molecule has 1 fully saturated rings. The molecule has 1 rings (SSSR count). The van der Waals surface area contributed by atoms with Gasteiger partial charge in [0.1, 0.15) is 6.10 Å². The zero-order chi connectivity index (χ0) is 11.4. The summed E-state index contributed by atoms with van der Waals surface area (Å²) < 4.78 is 14.7. The first-order valence-electron chi connectivity index (χ1n) is 4.63. The molecule has 0 spiro atoms. The Morgan fingerprint density at radius 3 is 2.27 bits per heavy atom. The van der Waals surface area contributed by atoms with Crippen LogP contribution in [0.4, 0.5) is 0 Å². The van der Waals surface area contributed by atoms with Gasteiger partial charge < -0.3 is 19.3 Å². The Labute approximate surface area is 87.1 Å². The minimum atomic E-state index is -0.985. The van der Waals surface area contributed by atoms with Gasteiger partial charge in [0.2, 0.25) is 0 Å². The molecular formula is C9H14O6. The highest BCUT2D eigenvalue weighted by Crippen LogP contribution is 2.19. The van der Waals surface area contributed by atoms with Crippen LogP contribution in [0.2, 0.25) is 0 Å². The molecule has 6 nitrogen and oxygen atoms in total. The summed E-state index contributed by atoms with van der Waals surface area (Å²) in [6, 6.07) is 0. The topological polar surface area (TPSA) is 82.1 Å². The van der Waals surface area contributed by atoms with Crippen LogP contribution in [0, 0.1) is 0 Å². The number of aliphatic hydroxyl groups is 1. The van der Waals surface area contributed by atoms with Crippen molar-refractivity contribution in [3.63, 3.8) is 0 Å². The first-order chi connectivity index (χ1) is 6.99. The van der Waals surface area contributed by atoms with Crippen molar-refractivity contribution < 1.29 is 28.9 Å². The molecule has 1 aliphatic heterocycles. The van der Waals surface area contributed by atoms with Gasteiger partial charge in [0.15, 0.2) is 12.4 Å². The van der Waals surface area contributed by atoms with Crippen molar-refractivity contribution >= 4 is 11.9 Å². The maximum absolute atomic E-state index is 10.8. The van der Waals surface area contributed by atoms with Crippen molar-refractivity contribution in [1.82, 2.24) is 0 Å². The standard InChI is InChI=1S/C9H14O6/c1-5(10)14-7-3-9(12)13-4-8(7)15-6(2)11/h7-9,12H,3-4H2,1-2H3/t7-,8+,9?/m0/s1. The van der Waals surface area contributed by atoms with Gasteiger partial charge in [-0.15, -0.1) is 0 Å². The van der Waals surface area contributed by atoms with E-state index < -0.39 is 30.4 Å². The monoisotopic (exact) mass is 218 g/mol. The van der Waals surface area contributed by atoms with E-state index in [0.717, 1.165) is 0 Å². The number of rotatable bonds is 2. The molecule has 0 amide bonds. The molecule has 0 aliphatic carbocycles. The van der Waals surface area contributed by atoms with Crippen LogP contribution in [0.15, 0.2) is 0 Å². The van der Waals surface area contributed by atoms with Crippen LogP contribution in [-0.4, -0.2) is 42.1 Å². The molecule has 1 aliphatic rings. The van der Waals surface area contributed by atoms with Crippen molar-refractivity contribution in [1.29, 1.82) is 0 Å². The third-order valence-electron chi connectivity index (χ3n) is 1.94. The SMILES string of the molecule is CC(=O)O[C@H]1CC(O)OC[C@H]1OC(C)=O. The quantitative estimate of drug-likeness (QED) is 0.634. The summed E-state index contributed by atoms with van der Waals surface area (Å²) >= 11 is 0. The van der Waals surface area contributed by atoms with Crippen LogP contribution in [0.5, 0.6) is 0 Å². The van der Waals surface area contributed by atoms with E-state index in [0.29, 0.717) is 0 Å². The Balaban J connectivity index is 2.57. The highest BCUT2D eigenvalue weighted by molar-refractivity contribution is 5.67. The van der Waals surface area contributed by atoms with Crippen LogP contribution < -0.4 is 0 Å². The highest BCUT2D eigenvalue weighted by atomic mass is 16.6. The highest BCUT2D eigenvalue weighted by Gasteiger charge is 2.34. The minimum Gasteiger partial charge on any atom is -0.458 e. The Hall–Kier alpha value is -1.14. The second-order valence-electron chi connectivity index (χ2n) is 3.32. The van der Waals surface area contributed by atoms with E-state index in [9.17, 15) is 14.7 Å². The molecule has 6 heteroatoms. The van der Waals surface area contributed by atoms with Gasteiger partial charge in [0.25, 0.3) is 0 Å². The Morgan fingerprint density at radius 1 is 1.20 bits per heavy atom. The number of carbonyl (C=O) groups is 2. The van der Waals surface area contributed by atoms with Crippen LogP contribution in [0.3, 0.4) is 0 Å². The fourth-order valence-corrected chi connectivity index (χ4v) is 1.39. The second kappa shape index (κ2) is 5.09. The fraction of sp³-hybridized carbons (Fsp3) is 0.778. The predicted molar refractivity (Wildman–Crippen MR) is 47.7 cm³/mol. The van der Waals surface area contributed by atoms with Crippen LogP contribution in [0.1, 0.15) is 20.3 Å². The number of esters is 2. The van der Waals surface area contributed by atoms with Crippen molar-refractivity contribution in [3.05, 3.63) is 0 Å². The molecule has 1 heterocycles. The summed E-state index contributed by atoms with van der Waals surface area (Å²) in [5, 5.41) is 9.19.